The predicted octanol–water partition coefficient (Wildman–Crippen LogP) is 3.51. The minimum atomic E-state index is -0.433. The molecule has 0 N–H and O–H groups in total. The third kappa shape index (κ3) is 3.29. The lowest BCUT2D eigenvalue weighted by Gasteiger charge is -2.27. The first kappa shape index (κ1) is 13.7. The van der Waals surface area contributed by atoms with Crippen LogP contribution in [0.4, 0.5) is 10.1 Å². The molecule has 0 saturated carbocycles. The normalized spacial score (nSPS) is 10.7. The number of ketones is 1. The van der Waals surface area contributed by atoms with Crippen LogP contribution in [-0.4, -0.2) is 18.9 Å². The van der Waals surface area contributed by atoms with Crippen molar-refractivity contribution in [3.63, 3.8) is 0 Å². The Morgan fingerprint density at radius 3 is 2.53 bits per heavy atom. The van der Waals surface area contributed by atoms with Gasteiger partial charge in [-0.3, -0.25) is 4.79 Å². The lowest BCUT2D eigenvalue weighted by molar-refractivity contribution is 0.101. The van der Waals surface area contributed by atoms with Crippen molar-refractivity contribution >= 4 is 11.5 Å². The van der Waals surface area contributed by atoms with Crippen molar-refractivity contribution in [3.8, 4) is 0 Å². The molecule has 1 aromatic carbocycles. The van der Waals surface area contributed by atoms with Crippen molar-refractivity contribution in [1.29, 1.82) is 0 Å². The smallest absolute Gasteiger partial charge is 0.164 e. The summed E-state index contributed by atoms with van der Waals surface area (Å²) in [5.74, 6) is -0.185. The van der Waals surface area contributed by atoms with Gasteiger partial charge in [0.1, 0.15) is 5.82 Å². The maximum absolute atomic E-state index is 13.7. The third-order valence-electron chi connectivity index (χ3n) is 2.65. The molecule has 0 heterocycles. The number of halogens is 1. The zero-order valence-corrected chi connectivity index (χ0v) is 11.0. The molecule has 2 nitrogen and oxygen atoms in total. The summed E-state index contributed by atoms with van der Waals surface area (Å²) in [7, 11) is 0. The summed E-state index contributed by atoms with van der Waals surface area (Å²) in [5, 5.41) is 0. The zero-order valence-electron chi connectivity index (χ0n) is 11.0. The summed E-state index contributed by atoms with van der Waals surface area (Å²) in [5.41, 5.74) is 0.906. The molecule has 0 atom stereocenters. The monoisotopic (exact) mass is 237 g/mol. The largest absolute Gasteiger partial charge is 0.371 e. The summed E-state index contributed by atoms with van der Waals surface area (Å²) >= 11 is 0. The van der Waals surface area contributed by atoms with E-state index in [1.54, 1.807) is 6.07 Å². The van der Waals surface area contributed by atoms with Gasteiger partial charge in [-0.05, 0) is 31.9 Å². The number of nitrogens with zero attached hydrogens (tertiary/aromatic N) is 1. The molecule has 0 fully saturated rings. The number of Topliss-reactive ketones (excluding diaryl/α,β-unsaturated/α-hetero) is 1. The Morgan fingerprint density at radius 1 is 1.41 bits per heavy atom. The van der Waals surface area contributed by atoms with E-state index in [2.05, 4.69) is 13.8 Å². The van der Waals surface area contributed by atoms with Gasteiger partial charge < -0.3 is 4.90 Å². The molecule has 0 aliphatic rings. The highest BCUT2D eigenvalue weighted by Crippen LogP contribution is 2.24. The molecular formula is C14H20FNO. The van der Waals surface area contributed by atoms with Crippen molar-refractivity contribution in [3.05, 3.63) is 29.6 Å². The fourth-order valence-electron chi connectivity index (χ4n) is 1.96. The van der Waals surface area contributed by atoms with Gasteiger partial charge in [-0.25, -0.2) is 4.39 Å². The van der Waals surface area contributed by atoms with E-state index in [9.17, 15) is 9.18 Å². The van der Waals surface area contributed by atoms with E-state index in [-0.39, 0.29) is 11.3 Å². The van der Waals surface area contributed by atoms with Crippen LogP contribution < -0.4 is 4.90 Å². The Morgan fingerprint density at radius 2 is 2.06 bits per heavy atom. The second-order valence-electron chi connectivity index (χ2n) is 4.62. The summed E-state index contributed by atoms with van der Waals surface area (Å²) in [6.07, 6.45) is 0. The Balaban J connectivity index is 3.18. The maximum atomic E-state index is 13.7. The van der Waals surface area contributed by atoms with Crippen LogP contribution in [0, 0.1) is 11.7 Å². The van der Waals surface area contributed by atoms with Gasteiger partial charge in [0.25, 0.3) is 0 Å². The van der Waals surface area contributed by atoms with E-state index in [4.69, 9.17) is 0 Å². The molecule has 1 rings (SSSR count). The zero-order chi connectivity index (χ0) is 13.0. The van der Waals surface area contributed by atoms with Crippen molar-refractivity contribution in [1.82, 2.24) is 0 Å². The molecule has 3 heteroatoms. The average Bonchev–Trinajstić information content (AvgIpc) is 2.24. The lowest BCUT2D eigenvalue weighted by Crippen LogP contribution is -2.29. The molecule has 0 bridgehead atoms. The first-order valence-electron chi connectivity index (χ1n) is 6.01. The molecule has 94 valence electrons. The van der Waals surface area contributed by atoms with E-state index in [0.29, 0.717) is 11.6 Å². The van der Waals surface area contributed by atoms with Crippen molar-refractivity contribution in [2.75, 3.05) is 18.0 Å². The average molecular weight is 237 g/mol. The SMILES string of the molecule is CCN(CC(C)C)c1cccc(F)c1C(C)=O. The quantitative estimate of drug-likeness (QED) is 0.730. The Kier molecular flexibility index (Phi) is 4.67. The number of carbonyl (C=O) groups excluding carboxylic acids is 1. The number of hydrogen-bond acceptors (Lipinski definition) is 2. The van der Waals surface area contributed by atoms with Crippen LogP contribution >= 0.6 is 0 Å². The minimum absolute atomic E-state index is 0.204. The first-order chi connectivity index (χ1) is 7.97. The van der Waals surface area contributed by atoms with Gasteiger partial charge in [-0.1, -0.05) is 19.9 Å². The Labute approximate surface area is 102 Å². The molecule has 1 aromatic rings. The topological polar surface area (TPSA) is 20.3 Å². The van der Waals surface area contributed by atoms with Gasteiger partial charge >= 0.3 is 0 Å². The number of benzene rings is 1. The summed E-state index contributed by atoms with van der Waals surface area (Å²) in [6, 6.07) is 4.80. The standard InChI is InChI=1S/C14H20FNO/c1-5-16(9-10(2)3)13-8-6-7-12(15)14(13)11(4)17/h6-8,10H,5,9H2,1-4H3. The second-order valence-corrected chi connectivity index (χ2v) is 4.62. The number of carbonyl (C=O) groups is 1. The fraction of sp³-hybridized carbons (Fsp3) is 0.500. The van der Waals surface area contributed by atoms with Crippen molar-refractivity contribution < 1.29 is 9.18 Å². The molecule has 0 radical (unpaired) electrons. The molecule has 17 heavy (non-hydrogen) atoms. The van der Waals surface area contributed by atoms with E-state index in [0.717, 1.165) is 13.1 Å². The highest BCUT2D eigenvalue weighted by Gasteiger charge is 2.17. The molecule has 0 spiro atoms. The number of rotatable bonds is 5. The van der Waals surface area contributed by atoms with Gasteiger partial charge in [0.15, 0.2) is 5.78 Å². The van der Waals surface area contributed by atoms with E-state index in [1.165, 1.54) is 13.0 Å². The molecule has 0 aliphatic carbocycles. The van der Waals surface area contributed by atoms with Gasteiger partial charge in [-0.15, -0.1) is 0 Å². The Bertz CT molecular complexity index is 401. The molecule has 0 aliphatic heterocycles. The van der Waals surface area contributed by atoms with Crippen LogP contribution in [0.3, 0.4) is 0 Å². The first-order valence-corrected chi connectivity index (χ1v) is 6.01. The fourth-order valence-corrected chi connectivity index (χ4v) is 1.96. The summed E-state index contributed by atoms with van der Waals surface area (Å²) in [4.78, 5) is 13.6. The minimum Gasteiger partial charge on any atom is -0.371 e. The lowest BCUT2D eigenvalue weighted by atomic mass is 10.1. The van der Waals surface area contributed by atoms with Crippen LogP contribution in [0.15, 0.2) is 18.2 Å². The highest BCUT2D eigenvalue weighted by atomic mass is 19.1. The maximum Gasteiger partial charge on any atom is 0.164 e. The molecule has 0 amide bonds. The van der Waals surface area contributed by atoms with Gasteiger partial charge in [0.05, 0.1) is 11.3 Å². The van der Waals surface area contributed by atoms with E-state index in [1.807, 2.05) is 17.9 Å². The molecule has 0 saturated heterocycles. The summed E-state index contributed by atoms with van der Waals surface area (Å²) in [6.45, 7) is 9.22. The van der Waals surface area contributed by atoms with E-state index < -0.39 is 5.82 Å². The predicted molar refractivity (Wildman–Crippen MR) is 69.1 cm³/mol. The number of anilines is 1. The van der Waals surface area contributed by atoms with Crippen LogP contribution in [0.1, 0.15) is 38.1 Å². The van der Waals surface area contributed by atoms with Gasteiger partial charge in [-0.2, -0.15) is 0 Å². The Hall–Kier alpha value is -1.38. The number of hydrogen-bond donors (Lipinski definition) is 0. The van der Waals surface area contributed by atoms with Crippen molar-refractivity contribution in [2.24, 2.45) is 5.92 Å². The molecule has 0 unspecified atom stereocenters. The van der Waals surface area contributed by atoms with Crippen LogP contribution in [0.2, 0.25) is 0 Å². The van der Waals surface area contributed by atoms with Crippen LogP contribution in [0.5, 0.6) is 0 Å². The molecular weight excluding hydrogens is 217 g/mol. The highest BCUT2D eigenvalue weighted by molar-refractivity contribution is 6.00. The van der Waals surface area contributed by atoms with Crippen LogP contribution in [-0.2, 0) is 0 Å². The van der Waals surface area contributed by atoms with Gasteiger partial charge in [0.2, 0.25) is 0 Å². The van der Waals surface area contributed by atoms with Gasteiger partial charge in [0, 0.05) is 13.1 Å². The summed E-state index contributed by atoms with van der Waals surface area (Å²) < 4.78 is 13.7. The molecule has 0 aromatic heterocycles. The van der Waals surface area contributed by atoms with E-state index >= 15 is 0 Å². The van der Waals surface area contributed by atoms with Crippen LogP contribution in [0.25, 0.3) is 0 Å². The third-order valence-corrected chi connectivity index (χ3v) is 2.65. The second kappa shape index (κ2) is 5.80. The van der Waals surface area contributed by atoms with Crippen molar-refractivity contribution in [2.45, 2.75) is 27.7 Å².